The minimum atomic E-state index is -4.65. The van der Waals surface area contributed by atoms with Gasteiger partial charge in [-0.3, -0.25) is 14.5 Å². The molecule has 4 aromatic rings. The predicted molar refractivity (Wildman–Crippen MR) is 148 cm³/mol. The SMILES string of the molecule is Cc1ccc2c(N3CCN(CCc4cccc5c4OCc4c(C(=O)OC(C)C(F)(F)F)ncn4-5)CC3)cccc2n1. The van der Waals surface area contributed by atoms with Gasteiger partial charge in [-0.1, -0.05) is 18.2 Å². The van der Waals surface area contributed by atoms with Gasteiger partial charge in [0.2, 0.25) is 0 Å². The normalized spacial score (nSPS) is 16.2. The van der Waals surface area contributed by atoms with E-state index in [4.69, 9.17) is 4.74 Å². The van der Waals surface area contributed by atoms with E-state index in [0.29, 0.717) is 17.1 Å². The first-order chi connectivity index (χ1) is 19.7. The van der Waals surface area contributed by atoms with E-state index in [-0.39, 0.29) is 12.3 Å². The zero-order chi connectivity index (χ0) is 28.7. The van der Waals surface area contributed by atoms with Crippen LogP contribution < -0.4 is 9.64 Å². The highest BCUT2D eigenvalue weighted by atomic mass is 19.4. The number of hydrogen-bond donors (Lipinski definition) is 0. The lowest BCUT2D eigenvalue weighted by Crippen LogP contribution is -2.47. The number of ether oxygens (including phenoxy) is 2. The van der Waals surface area contributed by atoms with Crippen molar-refractivity contribution >= 4 is 22.6 Å². The maximum atomic E-state index is 12.9. The number of esters is 1. The summed E-state index contributed by atoms with van der Waals surface area (Å²) in [5.74, 6) is -0.432. The van der Waals surface area contributed by atoms with Gasteiger partial charge in [0.05, 0.1) is 16.9 Å². The van der Waals surface area contributed by atoms with E-state index in [1.165, 1.54) is 17.4 Å². The van der Waals surface area contributed by atoms with Crippen LogP contribution in [-0.4, -0.2) is 70.4 Å². The van der Waals surface area contributed by atoms with E-state index in [9.17, 15) is 18.0 Å². The Morgan fingerprint density at radius 1 is 1.05 bits per heavy atom. The van der Waals surface area contributed by atoms with Gasteiger partial charge in [-0.25, -0.2) is 9.78 Å². The van der Waals surface area contributed by atoms with Gasteiger partial charge in [0.1, 0.15) is 18.7 Å². The second-order valence-corrected chi connectivity index (χ2v) is 10.4. The minimum absolute atomic E-state index is 0.00688. The van der Waals surface area contributed by atoms with Crippen molar-refractivity contribution in [1.29, 1.82) is 0 Å². The molecule has 0 aliphatic carbocycles. The fourth-order valence-corrected chi connectivity index (χ4v) is 5.45. The smallest absolute Gasteiger partial charge is 0.425 e. The summed E-state index contributed by atoms with van der Waals surface area (Å²) in [4.78, 5) is 26.0. The highest BCUT2D eigenvalue weighted by Crippen LogP contribution is 2.35. The lowest BCUT2D eigenvalue weighted by Gasteiger charge is -2.36. The summed E-state index contributed by atoms with van der Waals surface area (Å²) in [6, 6.07) is 16.3. The molecule has 1 fully saturated rings. The Morgan fingerprint density at radius 3 is 2.59 bits per heavy atom. The molecule has 2 aromatic heterocycles. The van der Waals surface area contributed by atoms with Crippen LogP contribution >= 0.6 is 0 Å². The van der Waals surface area contributed by atoms with E-state index in [2.05, 4.69) is 54.8 Å². The third-order valence-electron chi connectivity index (χ3n) is 7.75. The molecule has 1 saturated heterocycles. The summed E-state index contributed by atoms with van der Waals surface area (Å²) in [5.41, 5.74) is 5.15. The van der Waals surface area contributed by atoms with Gasteiger partial charge in [0, 0.05) is 49.5 Å². The Bertz CT molecular complexity index is 1590. The summed E-state index contributed by atoms with van der Waals surface area (Å²) in [7, 11) is 0. The highest BCUT2D eigenvalue weighted by molar-refractivity contribution is 5.92. The number of piperazine rings is 1. The zero-order valence-corrected chi connectivity index (χ0v) is 22.8. The van der Waals surface area contributed by atoms with E-state index >= 15 is 0 Å². The van der Waals surface area contributed by atoms with Crippen molar-refractivity contribution in [3.63, 3.8) is 0 Å². The third kappa shape index (κ3) is 5.33. The lowest BCUT2D eigenvalue weighted by molar-refractivity contribution is -0.198. The van der Waals surface area contributed by atoms with Gasteiger partial charge in [0.25, 0.3) is 0 Å². The number of halogens is 3. The van der Waals surface area contributed by atoms with E-state index in [1.54, 1.807) is 4.57 Å². The molecule has 0 N–H and O–H groups in total. The molecule has 0 amide bonds. The minimum Gasteiger partial charge on any atom is -0.485 e. The van der Waals surface area contributed by atoms with E-state index < -0.39 is 18.2 Å². The largest absolute Gasteiger partial charge is 0.485 e. The predicted octanol–water partition coefficient (Wildman–Crippen LogP) is 5.09. The van der Waals surface area contributed by atoms with Crippen molar-refractivity contribution in [2.75, 3.05) is 37.6 Å². The van der Waals surface area contributed by atoms with Crippen molar-refractivity contribution < 1.29 is 27.4 Å². The standard InChI is InChI=1S/C30H30F3N5O3/c1-19-9-10-22-23(35-19)6-4-7-24(22)37-15-13-36(14-16-37)12-11-21-5-3-8-25-28(21)40-17-26-27(34-18-38(25)26)29(39)41-20(2)30(31,32)33/h3-10,18,20H,11-17H2,1-2H3. The van der Waals surface area contributed by atoms with Crippen molar-refractivity contribution in [2.24, 2.45) is 0 Å². The average Bonchev–Trinajstić information content (AvgIpc) is 3.40. The van der Waals surface area contributed by atoms with Crippen LogP contribution in [0.25, 0.3) is 16.6 Å². The number of carbonyl (C=O) groups is 1. The van der Waals surface area contributed by atoms with Gasteiger partial charge < -0.3 is 14.4 Å². The number of imidazole rings is 1. The molecule has 6 rings (SSSR count). The Morgan fingerprint density at radius 2 is 1.80 bits per heavy atom. The first kappa shape index (κ1) is 27.1. The summed E-state index contributed by atoms with van der Waals surface area (Å²) < 4.78 is 50.9. The van der Waals surface area contributed by atoms with Gasteiger partial charge in [-0.15, -0.1) is 0 Å². The van der Waals surface area contributed by atoms with Crippen LogP contribution in [0.2, 0.25) is 0 Å². The molecule has 2 aliphatic heterocycles. The van der Waals surface area contributed by atoms with Crippen LogP contribution in [0.1, 0.15) is 34.4 Å². The van der Waals surface area contributed by atoms with Crippen molar-refractivity contribution in [2.45, 2.75) is 39.2 Å². The molecule has 0 spiro atoms. The number of aromatic nitrogens is 3. The molecule has 1 unspecified atom stereocenters. The molecular weight excluding hydrogens is 535 g/mol. The number of rotatable bonds is 6. The lowest BCUT2D eigenvalue weighted by atomic mass is 10.1. The van der Waals surface area contributed by atoms with Gasteiger partial charge >= 0.3 is 12.1 Å². The summed E-state index contributed by atoms with van der Waals surface area (Å²) >= 11 is 0. The Balaban J connectivity index is 1.11. The molecule has 8 nitrogen and oxygen atoms in total. The number of fused-ring (bicyclic) bond motifs is 4. The summed E-state index contributed by atoms with van der Waals surface area (Å²) in [6.07, 6.45) is -4.68. The first-order valence-corrected chi connectivity index (χ1v) is 13.6. The molecule has 41 heavy (non-hydrogen) atoms. The first-order valence-electron chi connectivity index (χ1n) is 13.6. The van der Waals surface area contributed by atoms with Crippen LogP contribution in [0.15, 0.2) is 54.9 Å². The zero-order valence-electron chi connectivity index (χ0n) is 22.8. The number of benzene rings is 2. The van der Waals surface area contributed by atoms with Crippen molar-refractivity contribution in [1.82, 2.24) is 19.4 Å². The average molecular weight is 566 g/mol. The molecular formula is C30H30F3N5O3. The Labute approximate surface area is 235 Å². The molecule has 0 saturated carbocycles. The summed E-state index contributed by atoms with van der Waals surface area (Å²) in [5, 5.41) is 1.17. The number of alkyl halides is 3. The molecule has 2 aromatic carbocycles. The molecule has 11 heteroatoms. The molecule has 1 atom stereocenters. The Hall–Kier alpha value is -4.12. The number of carbonyl (C=O) groups excluding carboxylic acids is 1. The maximum absolute atomic E-state index is 12.9. The monoisotopic (exact) mass is 565 g/mol. The van der Waals surface area contributed by atoms with Crippen LogP contribution in [0.4, 0.5) is 18.9 Å². The molecule has 214 valence electrons. The molecule has 4 heterocycles. The maximum Gasteiger partial charge on any atom is 0.425 e. The topological polar surface area (TPSA) is 72.7 Å². The van der Waals surface area contributed by atoms with Crippen molar-refractivity contribution in [3.05, 3.63) is 77.5 Å². The fourth-order valence-electron chi connectivity index (χ4n) is 5.45. The van der Waals surface area contributed by atoms with Crippen LogP contribution in [0, 0.1) is 6.92 Å². The van der Waals surface area contributed by atoms with Crippen molar-refractivity contribution in [3.8, 4) is 11.4 Å². The molecule has 2 aliphatic rings. The highest BCUT2D eigenvalue weighted by Gasteiger charge is 2.40. The number of para-hydroxylation sites is 1. The number of hydrogen-bond acceptors (Lipinski definition) is 7. The van der Waals surface area contributed by atoms with Gasteiger partial charge in [-0.05, 0) is 56.2 Å². The number of aryl methyl sites for hydroxylation is 1. The number of nitrogens with zero attached hydrogens (tertiary/aromatic N) is 5. The van der Waals surface area contributed by atoms with E-state index in [0.717, 1.165) is 62.8 Å². The van der Waals surface area contributed by atoms with Crippen LogP contribution in [0.5, 0.6) is 5.75 Å². The Kier molecular flexibility index (Phi) is 7.06. The number of anilines is 1. The second kappa shape index (κ2) is 10.7. The van der Waals surface area contributed by atoms with E-state index in [1.807, 2.05) is 25.1 Å². The van der Waals surface area contributed by atoms with Crippen LogP contribution in [0.3, 0.4) is 0 Å². The molecule has 0 bridgehead atoms. The quantitative estimate of drug-likeness (QED) is 0.302. The van der Waals surface area contributed by atoms with Gasteiger partial charge in [0.15, 0.2) is 11.8 Å². The summed E-state index contributed by atoms with van der Waals surface area (Å²) in [6.45, 7) is 7.35. The second-order valence-electron chi connectivity index (χ2n) is 10.4. The number of pyridine rings is 1. The van der Waals surface area contributed by atoms with Gasteiger partial charge in [-0.2, -0.15) is 13.2 Å². The van der Waals surface area contributed by atoms with Crippen LogP contribution in [-0.2, 0) is 17.8 Å². The third-order valence-corrected chi connectivity index (χ3v) is 7.75. The molecule has 0 radical (unpaired) electrons. The fraction of sp³-hybridized carbons (Fsp3) is 0.367.